The minimum Gasteiger partial charge on any atom is -0.451 e. The summed E-state index contributed by atoms with van der Waals surface area (Å²) in [5.41, 5.74) is 2.53. The molecular formula is C23H23NO3. The Labute approximate surface area is 159 Å². The van der Waals surface area contributed by atoms with Gasteiger partial charge in [0, 0.05) is 11.1 Å². The number of Topliss-reactive ketones (excluding diaryl/α,β-unsaturated/α-hetero) is 1. The van der Waals surface area contributed by atoms with Gasteiger partial charge in [-0.2, -0.15) is 0 Å². The van der Waals surface area contributed by atoms with Crippen LogP contribution >= 0.6 is 0 Å². The molecule has 4 heteroatoms. The van der Waals surface area contributed by atoms with Crippen molar-refractivity contribution < 1.29 is 14.0 Å². The van der Waals surface area contributed by atoms with Crippen LogP contribution in [0.3, 0.4) is 0 Å². The van der Waals surface area contributed by atoms with Crippen LogP contribution < -0.4 is 5.32 Å². The molecule has 0 aliphatic carbocycles. The van der Waals surface area contributed by atoms with Crippen LogP contribution in [-0.2, 0) is 0 Å². The van der Waals surface area contributed by atoms with Crippen LogP contribution in [0.2, 0.25) is 0 Å². The highest BCUT2D eigenvalue weighted by atomic mass is 16.3. The molecular weight excluding hydrogens is 338 g/mol. The van der Waals surface area contributed by atoms with Gasteiger partial charge in [0.15, 0.2) is 11.5 Å². The summed E-state index contributed by atoms with van der Waals surface area (Å²) in [6.07, 6.45) is 0. The maximum Gasteiger partial charge on any atom is 0.287 e. The van der Waals surface area contributed by atoms with E-state index in [1.54, 1.807) is 24.3 Å². The molecule has 0 fully saturated rings. The van der Waals surface area contributed by atoms with E-state index in [9.17, 15) is 9.59 Å². The number of hydrogen-bond acceptors (Lipinski definition) is 3. The Kier molecular flexibility index (Phi) is 5.55. The lowest BCUT2D eigenvalue weighted by molar-refractivity contribution is 0.0898. The highest BCUT2D eigenvalue weighted by Crippen LogP contribution is 2.25. The van der Waals surface area contributed by atoms with Crippen molar-refractivity contribution in [2.24, 2.45) is 5.92 Å². The minimum absolute atomic E-state index is 0.0155. The van der Waals surface area contributed by atoms with Gasteiger partial charge in [-0.25, -0.2) is 0 Å². The van der Waals surface area contributed by atoms with Crippen molar-refractivity contribution in [1.29, 1.82) is 0 Å². The third kappa shape index (κ3) is 4.34. The summed E-state index contributed by atoms with van der Waals surface area (Å²) in [5.74, 6) is 0.869. The molecule has 0 bridgehead atoms. The van der Waals surface area contributed by atoms with Crippen molar-refractivity contribution in [3.8, 4) is 11.3 Å². The Balaban J connectivity index is 1.77. The van der Waals surface area contributed by atoms with Gasteiger partial charge in [0.2, 0.25) is 0 Å². The standard InChI is InChI=1S/C23H23NO3/c1-15(2)22(19-7-5-4-6-8-19)24-23(26)21-14-13-20(27-21)18-11-9-17(10-12-18)16(3)25/h4-15,22H,1-3H3,(H,24,26). The van der Waals surface area contributed by atoms with Crippen molar-refractivity contribution in [3.63, 3.8) is 0 Å². The number of hydrogen-bond donors (Lipinski definition) is 1. The monoisotopic (exact) mass is 361 g/mol. The Morgan fingerprint density at radius 2 is 1.56 bits per heavy atom. The molecule has 0 saturated heterocycles. The molecule has 1 unspecified atom stereocenters. The van der Waals surface area contributed by atoms with E-state index in [0.29, 0.717) is 11.3 Å². The third-order valence-electron chi connectivity index (χ3n) is 4.52. The van der Waals surface area contributed by atoms with Gasteiger partial charge < -0.3 is 9.73 Å². The number of nitrogens with one attached hydrogen (secondary N) is 1. The van der Waals surface area contributed by atoms with Crippen molar-refractivity contribution in [3.05, 3.63) is 83.6 Å². The maximum absolute atomic E-state index is 12.7. The first kappa shape index (κ1) is 18.6. The van der Waals surface area contributed by atoms with Crippen LogP contribution in [0.15, 0.2) is 71.1 Å². The van der Waals surface area contributed by atoms with Gasteiger partial charge in [0.25, 0.3) is 5.91 Å². The fourth-order valence-corrected chi connectivity index (χ4v) is 2.99. The lowest BCUT2D eigenvalue weighted by atomic mass is 9.96. The number of furan rings is 1. The van der Waals surface area contributed by atoms with Crippen LogP contribution in [-0.4, -0.2) is 11.7 Å². The molecule has 0 aliphatic heterocycles. The minimum atomic E-state index is -0.246. The number of rotatable bonds is 6. The summed E-state index contributed by atoms with van der Waals surface area (Å²) in [7, 11) is 0. The van der Waals surface area contributed by atoms with Gasteiger partial charge in [-0.1, -0.05) is 68.4 Å². The quantitative estimate of drug-likeness (QED) is 0.608. The first-order chi connectivity index (χ1) is 13.0. The molecule has 27 heavy (non-hydrogen) atoms. The zero-order valence-electron chi connectivity index (χ0n) is 15.7. The second-order valence-corrected chi connectivity index (χ2v) is 6.90. The number of benzene rings is 2. The van der Waals surface area contributed by atoms with Crippen LogP contribution in [0.5, 0.6) is 0 Å². The third-order valence-corrected chi connectivity index (χ3v) is 4.52. The van der Waals surface area contributed by atoms with E-state index in [-0.39, 0.29) is 29.4 Å². The van der Waals surface area contributed by atoms with Crippen LogP contribution in [0.4, 0.5) is 0 Å². The summed E-state index contributed by atoms with van der Waals surface area (Å²) >= 11 is 0. The zero-order valence-corrected chi connectivity index (χ0v) is 15.7. The summed E-state index contributed by atoms with van der Waals surface area (Å²) in [4.78, 5) is 24.1. The predicted molar refractivity (Wildman–Crippen MR) is 106 cm³/mol. The number of amides is 1. The number of carbonyl (C=O) groups excluding carboxylic acids is 2. The SMILES string of the molecule is CC(=O)c1ccc(-c2ccc(C(=O)NC(c3ccccc3)C(C)C)o2)cc1. The zero-order chi connectivity index (χ0) is 19.4. The molecule has 1 aromatic heterocycles. The molecule has 1 heterocycles. The second-order valence-electron chi connectivity index (χ2n) is 6.90. The van der Waals surface area contributed by atoms with Crippen LogP contribution in [0.25, 0.3) is 11.3 Å². The van der Waals surface area contributed by atoms with Crippen molar-refractivity contribution in [2.45, 2.75) is 26.8 Å². The molecule has 1 atom stereocenters. The second kappa shape index (κ2) is 8.04. The van der Waals surface area contributed by atoms with Gasteiger partial charge in [0.1, 0.15) is 5.76 Å². The fraction of sp³-hybridized carbons (Fsp3) is 0.217. The van der Waals surface area contributed by atoms with Gasteiger partial charge >= 0.3 is 0 Å². The lowest BCUT2D eigenvalue weighted by Crippen LogP contribution is -2.31. The smallest absolute Gasteiger partial charge is 0.287 e. The van der Waals surface area contributed by atoms with Gasteiger partial charge in [-0.05, 0) is 30.5 Å². The first-order valence-electron chi connectivity index (χ1n) is 9.02. The molecule has 0 saturated carbocycles. The van der Waals surface area contributed by atoms with Crippen molar-refractivity contribution >= 4 is 11.7 Å². The number of carbonyl (C=O) groups is 2. The highest BCUT2D eigenvalue weighted by Gasteiger charge is 2.21. The van der Waals surface area contributed by atoms with E-state index in [4.69, 9.17) is 4.42 Å². The van der Waals surface area contributed by atoms with Crippen LogP contribution in [0.1, 0.15) is 53.3 Å². The fourth-order valence-electron chi connectivity index (χ4n) is 2.99. The summed E-state index contributed by atoms with van der Waals surface area (Å²) in [5, 5.41) is 3.06. The van der Waals surface area contributed by atoms with Crippen molar-refractivity contribution in [1.82, 2.24) is 5.32 Å². The summed E-state index contributed by atoms with van der Waals surface area (Å²) in [6.45, 7) is 5.67. The Morgan fingerprint density at radius 1 is 0.889 bits per heavy atom. The Morgan fingerprint density at radius 3 is 2.15 bits per heavy atom. The average Bonchev–Trinajstić information content (AvgIpc) is 3.17. The highest BCUT2D eigenvalue weighted by molar-refractivity contribution is 5.94. The molecule has 1 N–H and O–H groups in total. The molecule has 1 amide bonds. The summed E-state index contributed by atoms with van der Waals surface area (Å²) in [6, 6.07) is 20.4. The summed E-state index contributed by atoms with van der Waals surface area (Å²) < 4.78 is 5.75. The molecule has 3 aromatic rings. The van der Waals surface area contributed by atoms with Gasteiger partial charge in [0.05, 0.1) is 6.04 Å². The van der Waals surface area contributed by atoms with Gasteiger partial charge in [-0.15, -0.1) is 0 Å². The average molecular weight is 361 g/mol. The molecule has 0 spiro atoms. The van der Waals surface area contributed by atoms with E-state index in [0.717, 1.165) is 11.1 Å². The molecule has 0 radical (unpaired) electrons. The number of ketones is 1. The van der Waals surface area contributed by atoms with E-state index >= 15 is 0 Å². The van der Waals surface area contributed by atoms with Crippen LogP contribution in [0, 0.1) is 5.92 Å². The van der Waals surface area contributed by atoms with E-state index in [1.807, 2.05) is 42.5 Å². The molecule has 3 rings (SSSR count). The Hall–Kier alpha value is -3.14. The van der Waals surface area contributed by atoms with Crippen molar-refractivity contribution in [2.75, 3.05) is 0 Å². The first-order valence-corrected chi connectivity index (χ1v) is 9.02. The van der Waals surface area contributed by atoms with E-state index < -0.39 is 0 Å². The van der Waals surface area contributed by atoms with E-state index in [2.05, 4.69) is 19.2 Å². The molecule has 2 aromatic carbocycles. The van der Waals surface area contributed by atoms with E-state index in [1.165, 1.54) is 6.92 Å². The largest absolute Gasteiger partial charge is 0.451 e. The topological polar surface area (TPSA) is 59.3 Å². The maximum atomic E-state index is 12.7. The normalized spacial score (nSPS) is 12.0. The predicted octanol–water partition coefficient (Wildman–Crippen LogP) is 5.28. The van der Waals surface area contributed by atoms with Gasteiger partial charge in [-0.3, -0.25) is 9.59 Å². The molecule has 138 valence electrons. The molecule has 4 nitrogen and oxygen atoms in total. The lowest BCUT2D eigenvalue weighted by Gasteiger charge is -2.22. The Bertz CT molecular complexity index is 924. The molecule has 0 aliphatic rings.